The van der Waals surface area contributed by atoms with Gasteiger partial charge in [0, 0.05) is 50.6 Å². The molecule has 0 aliphatic heterocycles. The van der Waals surface area contributed by atoms with Crippen LogP contribution < -0.4 is 5.73 Å². The van der Waals surface area contributed by atoms with Crippen molar-refractivity contribution in [3.63, 3.8) is 0 Å². The summed E-state index contributed by atoms with van der Waals surface area (Å²) in [7, 11) is 3.60. The number of hydrogen-bond donors (Lipinski definition) is 1. The third kappa shape index (κ3) is 4.03. The largest absolute Gasteiger partial charge is 0.349 e. The number of hydrogen-bond acceptors (Lipinski definition) is 4. The highest BCUT2D eigenvalue weighted by molar-refractivity contribution is 7.09. The first-order chi connectivity index (χ1) is 9.11. The number of carbonyl (C=O) groups excluding carboxylic acids is 1. The van der Waals surface area contributed by atoms with E-state index in [4.69, 9.17) is 5.73 Å². The number of amides is 1. The van der Waals surface area contributed by atoms with Gasteiger partial charge < -0.3 is 10.6 Å². The quantitative estimate of drug-likeness (QED) is 0.824. The molecule has 1 fully saturated rings. The predicted octanol–water partition coefficient (Wildman–Crippen LogP) is 1.52. The van der Waals surface area contributed by atoms with Gasteiger partial charge in [0.25, 0.3) is 0 Å². The summed E-state index contributed by atoms with van der Waals surface area (Å²) in [5.41, 5.74) is 5.91. The summed E-state index contributed by atoms with van der Waals surface area (Å²) in [6.07, 6.45) is 2.99. The van der Waals surface area contributed by atoms with Crippen molar-refractivity contribution in [2.75, 3.05) is 20.6 Å². The SMILES string of the molecule is CN(C)C(=O)CC(CN)N(Cc1cccs1)C1CC1. The Hall–Kier alpha value is -0.910. The van der Waals surface area contributed by atoms with Crippen LogP contribution in [-0.2, 0) is 11.3 Å². The third-order valence-electron chi connectivity index (χ3n) is 3.58. The molecule has 1 aliphatic rings. The fourth-order valence-electron chi connectivity index (χ4n) is 2.27. The van der Waals surface area contributed by atoms with Gasteiger partial charge in [-0.3, -0.25) is 9.69 Å². The molecule has 0 bridgehead atoms. The summed E-state index contributed by atoms with van der Waals surface area (Å²) < 4.78 is 0. The van der Waals surface area contributed by atoms with Gasteiger partial charge in [0.15, 0.2) is 0 Å². The van der Waals surface area contributed by atoms with Gasteiger partial charge in [-0.1, -0.05) is 6.07 Å². The van der Waals surface area contributed by atoms with Crippen molar-refractivity contribution < 1.29 is 4.79 Å². The fraction of sp³-hybridized carbons (Fsp3) is 0.643. The molecule has 1 saturated carbocycles. The minimum Gasteiger partial charge on any atom is -0.349 e. The molecule has 19 heavy (non-hydrogen) atoms. The molecule has 1 aromatic rings. The molecule has 1 unspecified atom stereocenters. The molecule has 2 rings (SSSR count). The van der Waals surface area contributed by atoms with Crippen molar-refractivity contribution in [2.45, 2.75) is 37.9 Å². The van der Waals surface area contributed by atoms with Gasteiger partial charge in [-0.25, -0.2) is 0 Å². The summed E-state index contributed by atoms with van der Waals surface area (Å²) in [5.74, 6) is 0.160. The van der Waals surface area contributed by atoms with Gasteiger partial charge in [-0.05, 0) is 24.3 Å². The molecule has 0 spiro atoms. The Kier molecular flexibility index (Phi) is 4.96. The van der Waals surface area contributed by atoms with Crippen LogP contribution in [0, 0.1) is 0 Å². The lowest BCUT2D eigenvalue weighted by atomic mass is 10.1. The van der Waals surface area contributed by atoms with E-state index < -0.39 is 0 Å². The Bertz CT molecular complexity index is 401. The summed E-state index contributed by atoms with van der Waals surface area (Å²) in [6.45, 7) is 1.46. The number of nitrogens with two attached hydrogens (primary N) is 1. The topological polar surface area (TPSA) is 49.6 Å². The Balaban J connectivity index is 2.01. The van der Waals surface area contributed by atoms with Crippen molar-refractivity contribution in [1.82, 2.24) is 9.80 Å². The van der Waals surface area contributed by atoms with Crippen LogP contribution in [0.4, 0.5) is 0 Å². The average Bonchev–Trinajstić information content (AvgIpc) is 3.10. The van der Waals surface area contributed by atoms with Crippen LogP contribution in [0.1, 0.15) is 24.1 Å². The van der Waals surface area contributed by atoms with Gasteiger partial charge in [-0.2, -0.15) is 0 Å². The van der Waals surface area contributed by atoms with Crippen molar-refractivity contribution in [3.05, 3.63) is 22.4 Å². The first kappa shape index (κ1) is 14.5. The minimum atomic E-state index is 0.157. The molecule has 5 heteroatoms. The van der Waals surface area contributed by atoms with Crippen LogP contribution in [0.2, 0.25) is 0 Å². The molecular weight excluding hydrogens is 258 g/mol. The molecule has 1 amide bonds. The van der Waals surface area contributed by atoms with E-state index in [2.05, 4.69) is 22.4 Å². The van der Waals surface area contributed by atoms with Crippen molar-refractivity contribution in [3.8, 4) is 0 Å². The van der Waals surface area contributed by atoms with Crippen molar-refractivity contribution in [2.24, 2.45) is 5.73 Å². The highest BCUT2D eigenvalue weighted by Gasteiger charge is 2.34. The first-order valence-corrected chi connectivity index (χ1v) is 7.68. The highest BCUT2D eigenvalue weighted by atomic mass is 32.1. The molecule has 1 heterocycles. The van der Waals surface area contributed by atoms with Crippen LogP contribution >= 0.6 is 11.3 Å². The normalized spacial score (nSPS) is 16.6. The van der Waals surface area contributed by atoms with Gasteiger partial charge in [-0.15, -0.1) is 11.3 Å². The average molecular weight is 281 g/mol. The van der Waals surface area contributed by atoms with Crippen molar-refractivity contribution >= 4 is 17.2 Å². The standard InChI is InChI=1S/C14H23N3OS/c1-16(2)14(18)8-12(9-15)17(11-5-6-11)10-13-4-3-7-19-13/h3-4,7,11-12H,5-6,8-10,15H2,1-2H3. The first-order valence-electron chi connectivity index (χ1n) is 6.80. The minimum absolute atomic E-state index is 0.157. The Morgan fingerprint density at radius 3 is 2.74 bits per heavy atom. The molecule has 106 valence electrons. The van der Waals surface area contributed by atoms with E-state index in [1.807, 2.05) is 0 Å². The zero-order chi connectivity index (χ0) is 13.8. The van der Waals surface area contributed by atoms with E-state index in [1.165, 1.54) is 17.7 Å². The Labute approximate surface area is 119 Å². The van der Waals surface area contributed by atoms with Crippen molar-refractivity contribution in [1.29, 1.82) is 0 Å². The van der Waals surface area contributed by atoms with E-state index in [-0.39, 0.29) is 11.9 Å². The summed E-state index contributed by atoms with van der Waals surface area (Å²) in [4.78, 5) is 17.3. The molecule has 1 atom stereocenters. The zero-order valence-electron chi connectivity index (χ0n) is 11.7. The Morgan fingerprint density at radius 1 is 1.53 bits per heavy atom. The van der Waals surface area contributed by atoms with Gasteiger partial charge in [0.2, 0.25) is 5.91 Å². The van der Waals surface area contributed by atoms with Gasteiger partial charge in [0.05, 0.1) is 0 Å². The summed E-state index contributed by atoms with van der Waals surface area (Å²) in [5, 5.41) is 2.10. The van der Waals surface area contributed by atoms with Crippen LogP contribution in [0.5, 0.6) is 0 Å². The molecule has 2 N–H and O–H groups in total. The van der Waals surface area contributed by atoms with E-state index in [9.17, 15) is 4.79 Å². The monoisotopic (exact) mass is 281 g/mol. The molecule has 1 aromatic heterocycles. The molecule has 0 aromatic carbocycles. The van der Waals surface area contributed by atoms with Crippen LogP contribution in [0.15, 0.2) is 17.5 Å². The third-order valence-corrected chi connectivity index (χ3v) is 4.45. The number of thiophene rings is 1. The smallest absolute Gasteiger partial charge is 0.223 e. The molecule has 4 nitrogen and oxygen atoms in total. The molecule has 1 aliphatic carbocycles. The van der Waals surface area contributed by atoms with Gasteiger partial charge >= 0.3 is 0 Å². The second-order valence-corrected chi connectivity index (χ2v) is 6.40. The lowest BCUT2D eigenvalue weighted by Crippen LogP contribution is -2.44. The van der Waals surface area contributed by atoms with Crippen LogP contribution in [0.3, 0.4) is 0 Å². The Morgan fingerprint density at radius 2 is 2.26 bits per heavy atom. The van der Waals surface area contributed by atoms with E-state index in [0.29, 0.717) is 19.0 Å². The molecular formula is C14H23N3OS. The van der Waals surface area contributed by atoms with E-state index in [0.717, 1.165) is 6.54 Å². The fourth-order valence-corrected chi connectivity index (χ4v) is 2.98. The highest BCUT2D eigenvalue weighted by Crippen LogP contribution is 2.31. The second-order valence-electron chi connectivity index (χ2n) is 5.36. The maximum absolute atomic E-state index is 11.9. The lowest BCUT2D eigenvalue weighted by Gasteiger charge is -2.31. The summed E-state index contributed by atoms with van der Waals surface area (Å²) in [6, 6.07) is 5.00. The molecule has 0 radical (unpaired) electrons. The maximum atomic E-state index is 11.9. The van der Waals surface area contributed by atoms with Crippen LogP contribution in [-0.4, -0.2) is 48.4 Å². The molecule has 0 saturated heterocycles. The zero-order valence-corrected chi connectivity index (χ0v) is 12.5. The van der Waals surface area contributed by atoms with E-state index in [1.54, 1.807) is 30.3 Å². The number of rotatable bonds is 7. The second kappa shape index (κ2) is 6.50. The van der Waals surface area contributed by atoms with Crippen LogP contribution in [0.25, 0.3) is 0 Å². The number of carbonyl (C=O) groups is 1. The number of nitrogens with zero attached hydrogens (tertiary/aromatic N) is 2. The maximum Gasteiger partial charge on any atom is 0.223 e. The lowest BCUT2D eigenvalue weighted by molar-refractivity contribution is -0.130. The van der Waals surface area contributed by atoms with E-state index >= 15 is 0 Å². The van der Waals surface area contributed by atoms with Gasteiger partial charge in [0.1, 0.15) is 0 Å². The predicted molar refractivity (Wildman–Crippen MR) is 79.0 cm³/mol. The summed E-state index contributed by atoms with van der Waals surface area (Å²) >= 11 is 1.77.